The molecule has 0 unspecified atom stereocenters. The Kier molecular flexibility index (Phi) is 3.69. The summed E-state index contributed by atoms with van der Waals surface area (Å²) in [6.07, 6.45) is 2.75. The molecule has 0 spiro atoms. The fourth-order valence-electron chi connectivity index (χ4n) is 2.77. The Balaban J connectivity index is 1.78. The highest BCUT2D eigenvalue weighted by Gasteiger charge is 2.12. The fraction of sp³-hybridized carbons (Fsp3) is 0.125. The number of aromatic nitrogens is 6. The van der Waals surface area contributed by atoms with Crippen molar-refractivity contribution in [3.8, 4) is 0 Å². The highest BCUT2D eigenvalue weighted by Crippen LogP contribution is 2.23. The minimum Gasteiger partial charge on any atom is -0.384 e. The van der Waals surface area contributed by atoms with Crippen LogP contribution in [0.3, 0.4) is 0 Å². The first-order valence-electron chi connectivity index (χ1n) is 7.92. The number of hydrogen-bond donors (Lipinski definition) is 2. The van der Waals surface area contributed by atoms with Gasteiger partial charge in [-0.15, -0.1) is 15.3 Å². The van der Waals surface area contributed by atoms with E-state index in [4.69, 9.17) is 5.73 Å². The normalized spacial score (nSPS) is 11.6. The average molecular weight is 365 g/mol. The molecule has 0 aliphatic carbocycles. The molecule has 3 aromatic heterocycles. The van der Waals surface area contributed by atoms with E-state index in [2.05, 4.69) is 25.8 Å². The van der Waals surface area contributed by atoms with Gasteiger partial charge in [0.05, 0.1) is 6.21 Å². The Morgan fingerprint density at radius 2 is 1.89 bits per heavy atom. The Morgan fingerprint density at radius 1 is 1.15 bits per heavy atom. The van der Waals surface area contributed by atoms with Crippen LogP contribution in [0.4, 0.5) is 11.6 Å². The summed E-state index contributed by atoms with van der Waals surface area (Å²) >= 11 is 0. The van der Waals surface area contributed by atoms with Crippen molar-refractivity contribution in [3.05, 3.63) is 57.0 Å². The molecule has 136 valence electrons. The molecular weight excluding hydrogens is 350 g/mol. The van der Waals surface area contributed by atoms with Crippen molar-refractivity contribution < 1.29 is 0 Å². The standard InChI is InChI=1S/C16H15N9O2/c1-23-12(17)11(15(26)24(2)16(23)27)7-18-20-13-9-5-3-4-6-10(9)14-21-19-8-25(14)22-13/h3-8H,17H2,1-2H3,(H,20,22). The Labute approximate surface area is 151 Å². The van der Waals surface area contributed by atoms with E-state index in [0.29, 0.717) is 11.5 Å². The SMILES string of the molecule is Cn1c(N)c(C=NNc2nn3cnnc3c3ccccc23)c(=O)n(C)c1=O. The van der Waals surface area contributed by atoms with Crippen molar-refractivity contribution in [2.75, 3.05) is 11.2 Å². The monoisotopic (exact) mass is 365 g/mol. The number of fused-ring (bicyclic) bond motifs is 3. The molecule has 0 radical (unpaired) electrons. The molecule has 0 atom stereocenters. The number of benzene rings is 1. The van der Waals surface area contributed by atoms with Gasteiger partial charge in [-0.1, -0.05) is 24.3 Å². The van der Waals surface area contributed by atoms with E-state index in [-0.39, 0.29) is 11.4 Å². The maximum absolute atomic E-state index is 12.3. The van der Waals surface area contributed by atoms with Gasteiger partial charge < -0.3 is 5.73 Å². The zero-order valence-corrected chi connectivity index (χ0v) is 14.5. The van der Waals surface area contributed by atoms with Crippen LogP contribution in [0.2, 0.25) is 0 Å². The van der Waals surface area contributed by atoms with E-state index in [9.17, 15) is 9.59 Å². The van der Waals surface area contributed by atoms with E-state index < -0.39 is 11.2 Å². The molecule has 4 aromatic rings. The highest BCUT2D eigenvalue weighted by molar-refractivity contribution is 6.00. The van der Waals surface area contributed by atoms with Gasteiger partial charge in [0.2, 0.25) is 0 Å². The van der Waals surface area contributed by atoms with Crippen molar-refractivity contribution in [1.29, 1.82) is 0 Å². The molecule has 27 heavy (non-hydrogen) atoms. The second-order valence-electron chi connectivity index (χ2n) is 5.87. The molecule has 3 N–H and O–H groups in total. The number of nitrogens with one attached hydrogen (secondary N) is 1. The Morgan fingerprint density at radius 3 is 2.67 bits per heavy atom. The summed E-state index contributed by atoms with van der Waals surface area (Å²) in [6.45, 7) is 0. The molecule has 4 rings (SSSR count). The molecule has 11 nitrogen and oxygen atoms in total. The second kappa shape index (κ2) is 6.05. The summed E-state index contributed by atoms with van der Waals surface area (Å²) in [5.41, 5.74) is 8.38. The topological polar surface area (TPSA) is 137 Å². The summed E-state index contributed by atoms with van der Waals surface area (Å²) in [5.74, 6) is 0.482. The molecule has 11 heteroatoms. The lowest BCUT2D eigenvalue weighted by Gasteiger charge is -2.09. The minimum absolute atomic E-state index is 0.0285. The average Bonchev–Trinajstić information content (AvgIpc) is 3.16. The van der Waals surface area contributed by atoms with Crippen molar-refractivity contribution in [2.24, 2.45) is 19.2 Å². The fourth-order valence-corrected chi connectivity index (χ4v) is 2.77. The largest absolute Gasteiger partial charge is 0.384 e. The number of anilines is 2. The van der Waals surface area contributed by atoms with Crippen LogP contribution in [-0.4, -0.2) is 35.2 Å². The second-order valence-corrected chi connectivity index (χ2v) is 5.87. The van der Waals surface area contributed by atoms with Gasteiger partial charge in [0.15, 0.2) is 11.5 Å². The molecular formula is C16H15N9O2. The number of hydrazone groups is 1. The molecule has 0 saturated heterocycles. The van der Waals surface area contributed by atoms with Crippen LogP contribution in [0.25, 0.3) is 16.4 Å². The molecule has 0 aliphatic heterocycles. The maximum atomic E-state index is 12.3. The molecule has 0 aliphatic rings. The lowest BCUT2D eigenvalue weighted by atomic mass is 10.2. The van der Waals surface area contributed by atoms with Gasteiger partial charge >= 0.3 is 5.69 Å². The van der Waals surface area contributed by atoms with Crippen molar-refractivity contribution in [2.45, 2.75) is 0 Å². The van der Waals surface area contributed by atoms with Crippen LogP contribution in [0.1, 0.15) is 5.56 Å². The third kappa shape index (κ3) is 2.52. The molecule has 3 heterocycles. The minimum atomic E-state index is -0.534. The Hall–Kier alpha value is -4.02. The predicted molar refractivity (Wildman–Crippen MR) is 101 cm³/mol. The lowest BCUT2D eigenvalue weighted by molar-refractivity contribution is 0.692. The van der Waals surface area contributed by atoms with Gasteiger partial charge in [0.25, 0.3) is 5.56 Å². The van der Waals surface area contributed by atoms with Gasteiger partial charge in [0.1, 0.15) is 17.7 Å². The third-order valence-electron chi connectivity index (χ3n) is 4.27. The van der Waals surface area contributed by atoms with Crippen molar-refractivity contribution >= 4 is 34.3 Å². The smallest absolute Gasteiger partial charge is 0.332 e. The number of rotatable bonds is 3. The highest BCUT2D eigenvalue weighted by atomic mass is 16.2. The van der Waals surface area contributed by atoms with Crippen LogP contribution in [-0.2, 0) is 14.1 Å². The van der Waals surface area contributed by atoms with Crippen LogP contribution >= 0.6 is 0 Å². The van der Waals surface area contributed by atoms with Gasteiger partial charge in [-0.2, -0.15) is 9.62 Å². The van der Waals surface area contributed by atoms with E-state index in [0.717, 1.165) is 15.3 Å². The number of hydrogen-bond acceptors (Lipinski definition) is 8. The van der Waals surface area contributed by atoms with Gasteiger partial charge in [-0.05, 0) is 0 Å². The predicted octanol–water partition coefficient (Wildman–Crippen LogP) is -0.297. The first kappa shape index (κ1) is 16.4. The van der Waals surface area contributed by atoms with E-state index in [1.165, 1.54) is 35.7 Å². The lowest BCUT2D eigenvalue weighted by Crippen LogP contribution is -2.40. The van der Waals surface area contributed by atoms with Gasteiger partial charge in [-0.3, -0.25) is 19.4 Å². The zero-order valence-electron chi connectivity index (χ0n) is 14.5. The number of nitrogens with two attached hydrogens (primary N) is 1. The third-order valence-corrected chi connectivity index (χ3v) is 4.27. The molecule has 1 aromatic carbocycles. The number of nitrogen functional groups attached to an aromatic ring is 1. The van der Waals surface area contributed by atoms with Gasteiger partial charge in [-0.25, -0.2) is 4.79 Å². The van der Waals surface area contributed by atoms with Crippen LogP contribution in [0, 0.1) is 0 Å². The van der Waals surface area contributed by atoms with Gasteiger partial charge in [0, 0.05) is 24.9 Å². The quantitative estimate of drug-likeness (QED) is 0.376. The van der Waals surface area contributed by atoms with E-state index in [1.54, 1.807) is 0 Å². The number of nitrogens with zero attached hydrogens (tertiary/aromatic N) is 7. The molecule has 0 bridgehead atoms. The van der Waals surface area contributed by atoms with Crippen molar-refractivity contribution in [3.63, 3.8) is 0 Å². The summed E-state index contributed by atoms with van der Waals surface area (Å²) in [5, 5.41) is 18.0. The summed E-state index contributed by atoms with van der Waals surface area (Å²) in [4.78, 5) is 24.1. The van der Waals surface area contributed by atoms with Crippen LogP contribution in [0.5, 0.6) is 0 Å². The first-order chi connectivity index (χ1) is 13.0. The van der Waals surface area contributed by atoms with Crippen LogP contribution in [0.15, 0.2) is 45.3 Å². The van der Waals surface area contributed by atoms with E-state index >= 15 is 0 Å². The first-order valence-corrected chi connectivity index (χ1v) is 7.92. The summed E-state index contributed by atoms with van der Waals surface area (Å²) < 4.78 is 3.67. The molecule has 0 fully saturated rings. The van der Waals surface area contributed by atoms with E-state index in [1.807, 2.05) is 24.3 Å². The molecule has 0 amide bonds. The zero-order chi connectivity index (χ0) is 19.1. The Bertz CT molecular complexity index is 1330. The van der Waals surface area contributed by atoms with Crippen LogP contribution < -0.4 is 22.4 Å². The maximum Gasteiger partial charge on any atom is 0.332 e. The molecule has 0 saturated carbocycles. The van der Waals surface area contributed by atoms with Crippen molar-refractivity contribution in [1.82, 2.24) is 28.9 Å². The summed E-state index contributed by atoms with van der Waals surface area (Å²) in [7, 11) is 2.86. The summed E-state index contributed by atoms with van der Waals surface area (Å²) in [6, 6.07) is 7.52.